The van der Waals surface area contributed by atoms with E-state index in [4.69, 9.17) is 0 Å². The first-order valence-corrected chi connectivity index (χ1v) is 16.1. The summed E-state index contributed by atoms with van der Waals surface area (Å²) in [6.07, 6.45) is 12.5. The molecule has 0 aromatic heterocycles. The fourth-order valence-corrected chi connectivity index (χ4v) is 9.06. The first kappa shape index (κ1) is 25.2. The highest BCUT2D eigenvalue weighted by Gasteiger charge is 2.49. The topological polar surface area (TPSA) is 40.6 Å². The molecule has 6 rings (SSSR count). The van der Waals surface area contributed by atoms with Gasteiger partial charge >= 0.3 is 0 Å². The number of sulfone groups is 1. The number of aryl methyl sites for hydroxylation is 1. The molecule has 2 saturated heterocycles. The zero-order chi connectivity index (χ0) is 25.5. The van der Waals surface area contributed by atoms with Gasteiger partial charge in [-0.05, 0) is 105 Å². The van der Waals surface area contributed by atoms with Crippen molar-refractivity contribution >= 4 is 15.5 Å². The van der Waals surface area contributed by atoms with Crippen molar-refractivity contribution in [2.24, 2.45) is 17.8 Å². The SMILES string of the molecule is C=CS(=O)(=O)c1ccc(N2CC(CN3CCC(C4(C5CCCC5)CCCc5ccccc54)CC3)C2)cc1. The Labute approximate surface area is 223 Å². The van der Waals surface area contributed by atoms with E-state index >= 15 is 0 Å². The second-order valence-corrected chi connectivity index (χ2v) is 14.0. The third-order valence-electron chi connectivity index (χ3n) is 10.2. The molecule has 2 aliphatic heterocycles. The Hall–Kier alpha value is -2.11. The van der Waals surface area contributed by atoms with E-state index in [9.17, 15) is 8.42 Å². The maximum atomic E-state index is 12.0. The van der Waals surface area contributed by atoms with Gasteiger partial charge in [0.25, 0.3) is 0 Å². The third kappa shape index (κ3) is 4.67. The third-order valence-corrected chi connectivity index (χ3v) is 11.5. The summed E-state index contributed by atoms with van der Waals surface area (Å²) in [5.74, 6) is 2.42. The molecule has 0 amide bonds. The molecule has 2 aromatic carbocycles. The Bertz CT molecular complexity index is 1200. The molecule has 4 aliphatic rings. The molecule has 0 N–H and O–H groups in total. The highest BCUT2D eigenvalue weighted by atomic mass is 32.2. The quantitative estimate of drug-likeness (QED) is 0.437. The van der Waals surface area contributed by atoms with Crippen LogP contribution in [0.4, 0.5) is 5.69 Å². The predicted molar refractivity (Wildman–Crippen MR) is 152 cm³/mol. The number of rotatable bonds is 7. The second-order valence-electron chi connectivity index (χ2n) is 12.1. The molecule has 0 bridgehead atoms. The molecule has 1 atom stereocenters. The van der Waals surface area contributed by atoms with Crippen LogP contribution in [0.15, 0.2) is 65.4 Å². The van der Waals surface area contributed by atoms with E-state index in [0.29, 0.717) is 16.2 Å². The van der Waals surface area contributed by atoms with E-state index in [2.05, 4.69) is 40.6 Å². The van der Waals surface area contributed by atoms with Crippen LogP contribution in [-0.2, 0) is 21.7 Å². The number of piperidine rings is 1. The number of fused-ring (bicyclic) bond motifs is 1. The van der Waals surface area contributed by atoms with Crippen LogP contribution < -0.4 is 4.90 Å². The molecule has 0 spiro atoms. The van der Waals surface area contributed by atoms with Gasteiger partial charge in [-0.15, -0.1) is 0 Å². The Kier molecular flexibility index (Phi) is 6.96. The molecule has 1 unspecified atom stereocenters. The molecule has 2 aliphatic carbocycles. The van der Waals surface area contributed by atoms with E-state index in [1.807, 2.05) is 12.1 Å². The van der Waals surface area contributed by atoms with Gasteiger partial charge in [0.2, 0.25) is 0 Å². The van der Waals surface area contributed by atoms with Crippen molar-refractivity contribution in [3.8, 4) is 0 Å². The summed E-state index contributed by atoms with van der Waals surface area (Å²) < 4.78 is 24.0. The van der Waals surface area contributed by atoms with Crippen molar-refractivity contribution in [2.45, 2.75) is 68.1 Å². The molecule has 37 heavy (non-hydrogen) atoms. The summed E-state index contributed by atoms with van der Waals surface area (Å²) in [6.45, 7) is 9.22. The molecule has 2 heterocycles. The first-order valence-electron chi connectivity index (χ1n) is 14.5. The fraction of sp³-hybridized carbons (Fsp3) is 0.562. The van der Waals surface area contributed by atoms with Gasteiger partial charge in [0.1, 0.15) is 0 Å². The van der Waals surface area contributed by atoms with E-state index in [1.165, 1.54) is 77.4 Å². The molecule has 198 valence electrons. The number of hydrogen-bond donors (Lipinski definition) is 0. The largest absolute Gasteiger partial charge is 0.371 e. The van der Waals surface area contributed by atoms with Gasteiger partial charge in [-0.2, -0.15) is 0 Å². The van der Waals surface area contributed by atoms with Gasteiger partial charge < -0.3 is 9.80 Å². The van der Waals surface area contributed by atoms with Crippen molar-refractivity contribution in [1.29, 1.82) is 0 Å². The van der Waals surface area contributed by atoms with Gasteiger partial charge in [0.15, 0.2) is 9.84 Å². The molecule has 0 radical (unpaired) electrons. The van der Waals surface area contributed by atoms with Crippen LogP contribution in [0.25, 0.3) is 0 Å². The van der Waals surface area contributed by atoms with Crippen molar-refractivity contribution in [3.63, 3.8) is 0 Å². The Balaban J connectivity index is 1.06. The summed E-state index contributed by atoms with van der Waals surface area (Å²) in [4.78, 5) is 5.42. The van der Waals surface area contributed by atoms with Gasteiger partial charge in [-0.3, -0.25) is 0 Å². The van der Waals surface area contributed by atoms with E-state index in [1.54, 1.807) is 23.3 Å². The maximum Gasteiger partial charge on any atom is 0.199 e. The van der Waals surface area contributed by atoms with Gasteiger partial charge in [0, 0.05) is 42.1 Å². The molecule has 2 aromatic rings. The number of likely N-dealkylation sites (tertiary alicyclic amines) is 1. The summed E-state index contributed by atoms with van der Waals surface area (Å²) in [5.41, 5.74) is 4.92. The Morgan fingerprint density at radius 3 is 2.27 bits per heavy atom. The first-order chi connectivity index (χ1) is 18.0. The summed E-state index contributed by atoms with van der Waals surface area (Å²) in [7, 11) is -3.36. The van der Waals surface area contributed by atoms with Gasteiger partial charge in [-0.25, -0.2) is 8.42 Å². The van der Waals surface area contributed by atoms with Crippen LogP contribution in [0.5, 0.6) is 0 Å². The fourth-order valence-electron chi connectivity index (χ4n) is 8.36. The summed E-state index contributed by atoms with van der Waals surface area (Å²) >= 11 is 0. The van der Waals surface area contributed by atoms with Crippen molar-refractivity contribution in [2.75, 3.05) is 37.6 Å². The second kappa shape index (κ2) is 10.2. The number of anilines is 1. The van der Waals surface area contributed by atoms with E-state index in [-0.39, 0.29) is 0 Å². The van der Waals surface area contributed by atoms with Crippen LogP contribution in [0.2, 0.25) is 0 Å². The molecule has 1 saturated carbocycles. The zero-order valence-electron chi connectivity index (χ0n) is 22.2. The molecular formula is C32H42N2O2S. The maximum absolute atomic E-state index is 12.0. The number of hydrogen-bond acceptors (Lipinski definition) is 4. The predicted octanol–water partition coefficient (Wildman–Crippen LogP) is 6.22. The van der Waals surface area contributed by atoms with Crippen molar-refractivity contribution < 1.29 is 8.42 Å². The highest BCUT2D eigenvalue weighted by molar-refractivity contribution is 7.94. The Morgan fingerprint density at radius 1 is 0.892 bits per heavy atom. The average Bonchev–Trinajstić information content (AvgIpc) is 3.46. The van der Waals surface area contributed by atoms with Gasteiger partial charge in [-0.1, -0.05) is 43.7 Å². The lowest BCUT2D eigenvalue weighted by Crippen LogP contribution is -2.54. The normalized spacial score (nSPS) is 26.1. The highest BCUT2D eigenvalue weighted by Crippen LogP contribution is 2.55. The molecule has 4 nitrogen and oxygen atoms in total. The van der Waals surface area contributed by atoms with E-state index < -0.39 is 9.84 Å². The van der Waals surface area contributed by atoms with Crippen LogP contribution in [0.1, 0.15) is 62.5 Å². The lowest BCUT2D eigenvalue weighted by Gasteiger charge is -2.52. The monoisotopic (exact) mass is 518 g/mol. The van der Waals surface area contributed by atoms with Crippen LogP contribution in [-0.4, -0.2) is 46.0 Å². The minimum atomic E-state index is -3.36. The minimum Gasteiger partial charge on any atom is -0.371 e. The van der Waals surface area contributed by atoms with Crippen LogP contribution in [0, 0.1) is 17.8 Å². The summed E-state index contributed by atoms with van der Waals surface area (Å²) in [6, 6.07) is 16.7. The van der Waals surface area contributed by atoms with Crippen LogP contribution in [0.3, 0.4) is 0 Å². The lowest BCUT2D eigenvalue weighted by molar-refractivity contribution is 0.0648. The average molecular weight is 519 g/mol. The Morgan fingerprint density at radius 2 is 1.57 bits per heavy atom. The molecular weight excluding hydrogens is 476 g/mol. The van der Waals surface area contributed by atoms with Crippen molar-refractivity contribution in [3.05, 3.63) is 71.6 Å². The smallest absolute Gasteiger partial charge is 0.199 e. The number of benzene rings is 2. The zero-order valence-corrected chi connectivity index (χ0v) is 23.0. The lowest BCUT2D eigenvalue weighted by atomic mass is 9.54. The van der Waals surface area contributed by atoms with Gasteiger partial charge in [0.05, 0.1) is 4.90 Å². The summed E-state index contributed by atoms with van der Waals surface area (Å²) in [5, 5.41) is 1.02. The molecule has 5 heteroatoms. The van der Waals surface area contributed by atoms with E-state index in [0.717, 1.165) is 36.0 Å². The number of nitrogens with zero attached hydrogens (tertiary/aromatic N) is 2. The van der Waals surface area contributed by atoms with Crippen molar-refractivity contribution in [1.82, 2.24) is 4.90 Å². The molecule has 3 fully saturated rings. The van der Waals surface area contributed by atoms with Crippen LogP contribution >= 0.6 is 0 Å². The standard InChI is InChI=1S/C32H42N2O2S/c1-2-37(35,36)30-15-13-29(14-16-30)34-23-25(24-34)22-33-20-17-28(18-21-33)32(27-10-4-5-11-27)19-7-9-26-8-3-6-12-31(26)32/h2-3,6,8,12-16,25,27-28H,1,4-5,7,9-11,17-24H2. The minimum absolute atomic E-state index is 0.321.